The summed E-state index contributed by atoms with van der Waals surface area (Å²) in [4.78, 5) is 10.9. The van der Waals surface area contributed by atoms with Crippen LogP contribution < -0.4 is 9.46 Å². The van der Waals surface area contributed by atoms with Gasteiger partial charge < -0.3 is 9.84 Å². The first-order valence-electron chi connectivity index (χ1n) is 11.2. The Labute approximate surface area is 201 Å². The molecule has 0 bridgehead atoms. The third-order valence-electron chi connectivity index (χ3n) is 5.08. The van der Waals surface area contributed by atoms with Crippen LogP contribution in [0.1, 0.15) is 36.8 Å². The van der Waals surface area contributed by atoms with Gasteiger partial charge in [-0.1, -0.05) is 60.7 Å². The lowest BCUT2D eigenvalue weighted by Gasteiger charge is -2.10. The van der Waals surface area contributed by atoms with Crippen LogP contribution in [0.25, 0.3) is 6.08 Å². The molecule has 0 aliphatic carbocycles. The van der Waals surface area contributed by atoms with Gasteiger partial charge in [0.05, 0.1) is 11.5 Å². The lowest BCUT2D eigenvalue weighted by molar-refractivity contribution is -0.137. The Hall–Kier alpha value is -3.58. The van der Waals surface area contributed by atoms with Crippen LogP contribution >= 0.6 is 0 Å². The zero-order chi connectivity index (χ0) is 24.2. The van der Waals surface area contributed by atoms with Gasteiger partial charge in [-0.15, -0.1) is 0 Å². The molecule has 0 amide bonds. The number of hydrogen-bond donors (Lipinski definition) is 2. The number of rotatable bonds is 13. The van der Waals surface area contributed by atoms with Crippen LogP contribution in [0, 0.1) is 0 Å². The van der Waals surface area contributed by atoms with E-state index in [0.29, 0.717) is 25.1 Å². The molecule has 0 aromatic heterocycles. The number of anilines is 1. The van der Waals surface area contributed by atoms with Gasteiger partial charge in [-0.3, -0.25) is 9.52 Å². The number of hydrogen-bond acceptors (Lipinski definition) is 4. The number of aryl methyl sites for hydroxylation is 1. The fraction of sp³-hybridized carbons (Fsp3) is 0.222. The molecule has 0 spiro atoms. The van der Waals surface area contributed by atoms with Crippen LogP contribution in [0.5, 0.6) is 5.75 Å². The first kappa shape index (κ1) is 25.1. The number of benzene rings is 3. The molecular weight excluding hydrogens is 450 g/mol. The minimum Gasteiger partial charge on any atom is -0.493 e. The van der Waals surface area contributed by atoms with Crippen LogP contribution in [0.4, 0.5) is 5.69 Å². The molecule has 0 radical (unpaired) electrons. The Kier molecular flexibility index (Phi) is 9.29. The Morgan fingerprint density at radius 3 is 2.50 bits per heavy atom. The molecule has 3 aromatic rings. The summed E-state index contributed by atoms with van der Waals surface area (Å²) >= 11 is 0. The summed E-state index contributed by atoms with van der Waals surface area (Å²) in [5.41, 5.74) is 2.43. The summed E-state index contributed by atoms with van der Waals surface area (Å²) in [6.45, 7) is 0.553. The van der Waals surface area contributed by atoms with Crippen LogP contribution in [0.3, 0.4) is 0 Å². The van der Waals surface area contributed by atoms with Crippen molar-refractivity contribution in [3.63, 3.8) is 0 Å². The second-order valence-electron chi connectivity index (χ2n) is 7.79. The molecule has 0 saturated heterocycles. The molecule has 178 valence electrons. The second kappa shape index (κ2) is 12.6. The van der Waals surface area contributed by atoms with Gasteiger partial charge in [-0.05, 0) is 67.1 Å². The normalized spacial score (nSPS) is 11.4. The first-order chi connectivity index (χ1) is 16.4. The van der Waals surface area contributed by atoms with Crippen molar-refractivity contribution in [2.24, 2.45) is 0 Å². The number of sulfonamides is 1. The van der Waals surface area contributed by atoms with Crippen LogP contribution in [-0.4, -0.2) is 26.1 Å². The highest BCUT2D eigenvalue weighted by Gasteiger charge is 2.13. The molecule has 34 heavy (non-hydrogen) atoms. The van der Waals surface area contributed by atoms with E-state index >= 15 is 0 Å². The largest absolute Gasteiger partial charge is 0.493 e. The van der Waals surface area contributed by atoms with Gasteiger partial charge in [0.15, 0.2) is 0 Å². The van der Waals surface area contributed by atoms with Crippen molar-refractivity contribution in [2.75, 3.05) is 11.3 Å². The summed E-state index contributed by atoms with van der Waals surface area (Å²) in [6, 6.07) is 23.2. The van der Waals surface area contributed by atoms with E-state index in [4.69, 9.17) is 9.84 Å². The van der Waals surface area contributed by atoms with Gasteiger partial charge in [0.25, 0.3) is 10.0 Å². The molecule has 3 rings (SSSR count). The molecule has 3 aromatic carbocycles. The van der Waals surface area contributed by atoms with Crippen molar-refractivity contribution < 1.29 is 23.1 Å². The number of aliphatic carboxylic acids is 1. The average Bonchev–Trinajstić information content (AvgIpc) is 2.82. The van der Waals surface area contributed by atoms with Crippen molar-refractivity contribution in [1.82, 2.24) is 0 Å². The zero-order valence-corrected chi connectivity index (χ0v) is 19.7. The molecule has 0 saturated carbocycles. The van der Waals surface area contributed by atoms with Crippen molar-refractivity contribution in [3.05, 3.63) is 96.1 Å². The molecule has 0 atom stereocenters. The average molecular weight is 480 g/mol. The van der Waals surface area contributed by atoms with Crippen molar-refractivity contribution in [1.29, 1.82) is 0 Å². The summed E-state index contributed by atoms with van der Waals surface area (Å²) in [5, 5.41) is 8.81. The summed E-state index contributed by atoms with van der Waals surface area (Å²) < 4.78 is 33.5. The molecule has 0 unspecified atom stereocenters. The first-order valence-corrected chi connectivity index (χ1v) is 12.7. The molecule has 7 heteroatoms. The van der Waals surface area contributed by atoms with Gasteiger partial charge in [-0.25, -0.2) is 8.42 Å². The predicted octanol–water partition coefficient (Wildman–Crippen LogP) is 5.77. The van der Waals surface area contributed by atoms with E-state index in [2.05, 4.69) is 4.72 Å². The van der Waals surface area contributed by atoms with E-state index in [-0.39, 0.29) is 11.3 Å². The number of allylic oxidation sites excluding steroid dienone is 1. The zero-order valence-electron chi connectivity index (χ0n) is 18.9. The quantitative estimate of drug-likeness (QED) is 0.304. The number of carboxylic acid groups (broad SMARTS) is 1. The van der Waals surface area contributed by atoms with E-state index in [1.807, 2.05) is 48.6 Å². The highest BCUT2D eigenvalue weighted by Crippen LogP contribution is 2.21. The number of nitrogens with one attached hydrogen (secondary N) is 1. The Morgan fingerprint density at radius 2 is 1.71 bits per heavy atom. The SMILES string of the molecule is O=C(O)CCCc1ccccc1OCCC/C=C/c1cccc(NS(=O)(=O)c2ccccc2)c1. The summed E-state index contributed by atoms with van der Waals surface area (Å²) in [7, 11) is -3.62. The minimum absolute atomic E-state index is 0.147. The maximum Gasteiger partial charge on any atom is 0.303 e. The standard InChI is InChI=1S/C27H29NO5S/c29-27(30)19-10-14-23-13-6-7-18-26(23)33-20-8-2-3-11-22-12-9-15-24(21-22)28-34(31,32)25-16-4-1-5-17-25/h1,3-7,9,11-13,15-18,21,28H,2,8,10,14,19-20H2,(H,29,30)/b11-3+. The molecule has 0 aliphatic heterocycles. The summed E-state index contributed by atoms with van der Waals surface area (Å²) in [5.74, 6) is 0.0135. The van der Waals surface area contributed by atoms with E-state index in [1.54, 1.807) is 42.5 Å². The van der Waals surface area contributed by atoms with Gasteiger partial charge in [0.2, 0.25) is 0 Å². The second-order valence-corrected chi connectivity index (χ2v) is 9.47. The van der Waals surface area contributed by atoms with E-state index in [1.165, 1.54) is 0 Å². The predicted molar refractivity (Wildman–Crippen MR) is 134 cm³/mol. The number of carbonyl (C=O) groups is 1. The highest BCUT2D eigenvalue weighted by atomic mass is 32.2. The molecular formula is C27H29NO5S. The number of para-hydroxylation sites is 1. The molecule has 6 nitrogen and oxygen atoms in total. The van der Waals surface area contributed by atoms with Crippen LogP contribution in [0.15, 0.2) is 89.8 Å². The molecule has 0 heterocycles. The maximum absolute atomic E-state index is 12.5. The van der Waals surface area contributed by atoms with Gasteiger partial charge >= 0.3 is 5.97 Å². The molecule has 0 aliphatic rings. The van der Waals surface area contributed by atoms with Crippen LogP contribution in [-0.2, 0) is 21.2 Å². The minimum atomic E-state index is -3.62. The lowest BCUT2D eigenvalue weighted by Crippen LogP contribution is -2.12. The van der Waals surface area contributed by atoms with E-state index in [0.717, 1.165) is 29.7 Å². The van der Waals surface area contributed by atoms with Crippen molar-refractivity contribution in [2.45, 2.75) is 37.0 Å². The van der Waals surface area contributed by atoms with Crippen LogP contribution in [0.2, 0.25) is 0 Å². The van der Waals surface area contributed by atoms with Gasteiger partial charge in [-0.2, -0.15) is 0 Å². The monoisotopic (exact) mass is 479 g/mol. The fourth-order valence-corrected chi connectivity index (χ4v) is 4.47. The third kappa shape index (κ3) is 8.08. The van der Waals surface area contributed by atoms with Crippen molar-refractivity contribution in [3.8, 4) is 5.75 Å². The number of unbranched alkanes of at least 4 members (excludes halogenated alkanes) is 1. The van der Waals surface area contributed by atoms with E-state index < -0.39 is 16.0 Å². The Bertz CT molecular complexity index is 1210. The lowest BCUT2D eigenvalue weighted by atomic mass is 10.1. The highest BCUT2D eigenvalue weighted by molar-refractivity contribution is 7.92. The van der Waals surface area contributed by atoms with Crippen molar-refractivity contribution >= 4 is 27.8 Å². The Morgan fingerprint density at radius 1 is 0.941 bits per heavy atom. The van der Waals surface area contributed by atoms with Gasteiger partial charge in [0, 0.05) is 12.1 Å². The Balaban J connectivity index is 1.47. The molecule has 0 fully saturated rings. The summed E-state index contributed by atoms with van der Waals surface area (Å²) in [6.07, 6.45) is 7.02. The smallest absolute Gasteiger partial charge is 0.303 e. The molecule has 2 N–H and O–H groups in total. The third-order valence-corrected chi connectivity index (χ3v) is 6.48. The fourth-order valence-electron chi connectivity index (χ4n) is 3.40. The number of ether oxygens (including phenoxy) is 1. The van der Waals surface area contributed by atoms with Gasteiger partial charge in [0.1, 0.15) is 5.75 Å². The topological polar surface area (TPSA) is 92.7 Å². The maximum atomic E-state index is 12.5. The van der Waals surface area contributed by atoms with E-state index in [9.17, 15) is 13.2 Å². The number of carboxylic acids is 1.